The van der Waals surface area contributed by atoms with Crippen LogP contribution in [0.3, 0.4) is 0 Å². The molecule has 8 heteroatoms. The molecule has 0 atom stereocenters. The van der Waals surface area contributed by atoms with Crippen LogP contribution in [0.1, 0.15) is 0 Å². The summed E-state index contributed by atoms with van der Waals surface area (Å²) in [7, 11) is -2.35. The van der Waals surface area contributed by atoms with Crippen LogP contribution in [0.2, 0.25) is 5.02 Å². The predicted octanol–water partition coefficient (Wildman–Crippen LogP) is 2.93. The maximum atomic E-state index is 12.3. The Morgan fingerprint density at radius 3 is 2.68 bits per heavy atom. The third kappa shape index (κ3) is 2.60. The molecule has 3 rings (SSSR count). The fourth-order valence-electron chi connectivity index (χ4n) is 2.07. The molecule has 2 aromatic rings. The molecule has 0 radical (unpaired) electrons. The number of anilines is 2. The van der Waals surface area contributed by atoms with E-state index in [1.54, 1.807) is 36.4 Å². The van der Waals surface area contributed by atoms with Crippen LogP contribution in [-0.2, 0) is 10.0 Å². The van der Waals surface area contributed by atoms with Crippen LogP contribution in [0.25, 0.3) is 0 Å². The highest BCUT2D eigenvalue weighted by molar-refractivity contribution is 7.90. The van der Waals surface area contributed by atoms with Crippen molar-refractivity contribution < 1.29 is 13.2 Å². The lowest BCUT2D eigenvalue weighted by molar-refractivity contribution is 0.415. The van der Waals surface area contributed by atoms with Gasteiger partial charge in [-0.15, -0.1) is 4.40 Å². The number of guanidine groups is 1. The molecular formula is C14H12ClN3O3S. The minimum atomic E-state index is -3.82. The minimum absolute atomic E-state index is 0.0603. The van der Waals surface area contributed by atoms with Crippen molar-refractivity contribution >= 4 is 39.0 Å². The van der Waals surface area contributed by atoms with E-state index in [-0.39, 0.29) is 10.9 Å². The van der Waals surface area contributed by atoms with Crippen LogP contribution < -0.4 is 15.4 Å². The van der Waals surface area contributed by atoms with Crippen molar-refractivity contribution in [3.05, 3.63) is 47.5 Å². The molecule has 6 nitrogen and oxygen atoms in total. The average Bonchev–Trinajstić information content (AvgIpc) is 2.48. The molecule has 1 aliphatic rings. The monoisotopic (exact) mass is 337 g/mol. The van der Waals surface area contributed by atoms with Crippen LogP contribution in [-0.4, -0.2) is 21.5 Å². The van der Waals surface area contributed by atoms with Crippen molar-refractivity contribution in [1.29, 1.82) is 0 Å². The van der Waals surface area contributed by atoms with Gasteiger partial charge in [-0.25, -0.2) is 0 Å². The molecule has 0 bridgehead atoms. The Labute approximate surface area is 132 Å². The maximum Gasteiger partial charge on any atom is 0.287 e. The quantitative estimate of drug-likeness (QED) is 0.880. The molecule has 2 aromatic carbocycles. The van der Waals surface area contributed by atoms with Crippen molar-refractivity contribution in [2.45, 2.75) is 4.90 Å². The summed E-state index contributed by atoms with van der Waals surface area (Å²) in [6.07, 6.45) is 0. The second-order valence-corrected chi connectivity index (χ2v) is 6.46. The summed E-state index contributed by atoms with van der Waals surface area (Å²) in [5.41, 5.74) is 0.888. The van der Waals surface area contributed by atoms with E-state index < -0.39 is 10.0 Å². The Bertz CT molecular complexity index is 865. The lowest BCUT2D eigenvalue weighted by atomic mass is 10.3. The van der Waals surface area contributed by atoms with Crippen molar-refractivity contribution in [3.63, 3.8) is 0 Å². The van der Waals surface area contributed by atoms with E-state index in [0.29, 0.717) is 22.1 Å². The van der Waals surface area contributed by atoms with E-state index in [9.17, 15) is 8.42 Å². The second-order valence-electron chi connectivity index (χ2n) is 4.48. The SMILES string of the molecule is COc1cccc2c1NC(Nc1ccccc1Cl)=NS2(=O)=O. The Morgan fingerprint density at radius 1 is 1.18 bits per heavy atom. The standard InChI is InChI=1S/C14H12ClN3O3S/c1-21-11-7-4-8-12-13(11)17-14(18-22(12,19)20)16-10-6-3-2-5-9(10)15/h2-8H,1H3,(H2,16,17,18). The molecule has 1 heterocycles. The predicted molar refractivity (Wildman–Crippen MR) is 86.3 cm³/mol. The molecule has 2 N–H and O–H groups in total. The van der Waals surface area contributed by atoms with Gasteiger partial charge in [0.25, 0.3) is 10.0 Å². The summed E-state index contributed by atoms with van der Waals surface area (Å²) in [5.74, 6) is 0.472. The summed E-state index contributed by atoms with van der Waals surface area (Å²) in [6, 6.07) is 11.7. The molecule has 0 fully saturated rings. The van der Waals surface area contributed by atoms with E-state index >= 15 is 0 Å². The summed E-state index contributed by atoms with van der Waals surface area (Å²) in [6.45, 7) is 0. The van der Waals surface area contributed by atoms with Gasteiger partial charge in [0.15, 0.2) is 0 Å². The highest BCUT2D eigenvalue weighted by Gasteiger charge is 2.27. The number of hydrogen-bond donors (Lipinski definition) is 2. The topological polar surface area (TPSA) is 79.8 Å². The van der Waals surface area contributed by atoms with Gasteiger partial charge in [-0.3, -0.25) is 0 Å². The smallest absolute Gasteiger partial charge is 0.287 e. The third-order valence-corrected chi connectivity index (χ3v) is 4.72. The number of para-hydroxylation sites is 2. The number of sulfonamides is 1. The fourth-order valence-corrected chi connectivity index (χ4v) is 3.35. The first-order valence-electron chi connectivity index (χ1n) is 6.32. The van der Waals surface area contributed by atoms with Gasteiger partial charge in [0.1, 0.15) is 16.3 Å². The highest BCUT2D eigenvalue weighted by atomic mass is 35.5. The Hall–Kier alpha value is -2.25. The van der Waals surface area contributed by atoms with Gasteiger partial charge in [-0.2, -0.15) is 8.42 Å². The van der Waals surface area contributed by atoms with E-state index in [1.165, 1.54) is 13.2 Å². The number of nitrogens with zero attached hydrogens (tertiary/aromatic N) is 1. The molecule has 1 aliphatic heterocycles. The van der Waals surface area contributed by atoms with Crippen molar-refractivity contribution in [1.82, 2.24) is 0 Å². The first-order valence-corrected chi connectivity index (χ1v) is 8.13. The molecule has 0 amide bonds. The number of fused-ring (bicyclic) bond motifs is 1. The van der Waals surface area contributed by atoms with Gasteiger partial charge >= 0.3 is 0 Å². The molecule has 0 aliphatic carbocycles. The zero-order chi connectivity index (χ0) is 15.7. The highest BCUT2D eigenvalue weighted by Crippen LogP contribution is 2.35. The Kier molecular flexibility index (Phi) is 3.67. The molecule has 0 unspecified atom stereocenters. The minimum Gasteiger partial charge on any atom is -0.495 e. The number of nitrogens with one attached hydrogen (secondary N) is 2. The number of hydrogen-bond acceptors (Lipinski definition) is 5. The number of methoxy groups -OCH3 is 1. The molecule has 0 saturated carbocycles. The van der Waals surface area contributed by atoms with Gasteiger partial charge in [0, 0.05) is 0 Å². The van der Waals surface area contributed by atoms with E-state index in [0.717, 1.165) is 0 Å². The van der Waals surface area contributed by atoms with E-state index in [4.69, 9.17) is 16.3 Å². The largest absolute Gasteiger partial charge is 0.495 e. The van der Waals surface area contributed by atoms with Crippen LogP contribution >= 0.6 is 11.6 Å². The summed E-state index contributed by atoms with van der Waals surface area (Å²) < 4.78 is 33.5. The van der Waals surface area contributed by atoms with Crippen LogP contribution in [0.15, 0.2) is 51.8 Å². The molecular weight excluding hydrogens is 326 g/mol. The second kappa shape index (κ2) is 5.51. The van der Waals surface area contributed by atoms with Gasteiger partial charge < -0.3 is 15.4 Å². The zero-order valence-electron chi connectivity index (χ0n) is 11.5. The van der Waals surface area contributed by atoms with Crippen LogP contribution in [0.5, 0.6) is 5.75 Å². The Morgan fingerprint density at radius 2 is 1.95 bits per heavy atom. The van der Waals surface area contributed by atoms with Crippen molar-refractivity contribution in [2.24, 2.45) is 4.40 Å². The van der Waals surface area contributed by atoms with Crippen molar-refractivity contribution in [2.75, 3.05) is 17.7 Å². The number of benzene rings is 2. The Balaban J connectivity index is 2.03. The maximum absolute atomic E-state index is 12.3. The fraction of sp³-hybridized carbons (Fsp3) is 0.0714. The van der Waals surface area contributed by atoms with E-state index in [1.807, 2.05) is 0 Å². The van der Waals surface area contributed by atoms with Crippen LogP contribution in [0.4, 0.5) is 11.4 Å². The lowest BCUT2D eigenvalue weighted by Crippen LogP contribution is -2.28. The lowest BCUT2D eigenvalue weighted by Gasteiger charge is -2.21. The normalized spacial score (nSPS) is 15.3. The number of rotatable bonds is 2. The molecule has 0 saturated heterocycles. The van der Waals surface area contributed by atoms with Gasteiger partial charge in [0.2, 0.25) is 5.96 Å². The first-order chi connectivity index (χ1) is 10.5. The summed E-state index contributed by atoms with van der Waals surface area (Å²) in [4.78, 5) is 0.0663. The molecule has 0 spiro atoms. The molecule has 22 heavy (non-hydrogen) atoms. The van der Waals surface area contributed by atoms with Gasteiger partial charge in [-0.1, -0.05) is 29.8 Å². The summed E-state index contributed by atoms with van der Waals surface area (Å²) >= 11 is 6.05. The molecule has 0 aromatic heterocycles. The number of halogens is 1. The zero-order valence-corrected chi connectivity index (χ0v) is 13.1. The average molecular weight is 338 g/mol. The van der Waals surface area contributed by atoms with Gasteiger partial charge in [-0.05, 0) is 24.3 Å². The number of ether oxygens (including phenoxy) is 1. The van der Waals surface area contributed by atoms with E-state index in [2.05, 4.69) is 15.0 Å². The summed E-state index contributed by atoms with van der Waals surface area (Å²) in [5, 5.41) is 6.25. The van der Waals surface area contributed by atoms with Crippen molar-refractivity contribution in [3.8, 4) is 5.75 Å². The third-order valence-electron chi connectivity index (χ3n) is 3.07. The first kappa shape index (κ1) is 14.7. The van der Waals surface area contributed by atoms with Crippen LogP contribution in [0, 0.1) is 0 Å². The van der Waals surface area contributed by atoms with Gasteiger partial charge in [0.05, 0.1) is 17.8 Å². The molecule has 114 valence electrons.